The number of amides is 1. The smallest absolute Gasteiger partial charge is 0.407 e. The molecule has 0 fully saturated rings. The van der Waals surface area contributed by atoms with Crippen molar-refractivity contribution in [2.45, 2.75) is 38.6 Å². The highest BCUT2D eigenvalue weighted by Gasteiger charge is 2.22. The molecule has 0 bridgehead atoms. The molecule has 1 aromatic carbocycles. The Balaban J connectivity index is 2.64. The van der Waals surface area contributed by atoms with Crippen molar-refractivity contribution in [1.82, 2.24) is 5.32 Å². The maximum absolute atomic E-state index is 13.2. The fourth-order valence-corrected chi connectivity index (χ4v) is 1.65. The highest BCUT2D eigenvalue weighted by atomic mass is 19.1. The van der Waals surface area contributed by atoms with Crippen LogP contribution in [0.4, 0.5) is 9.18 Å². The van der Waals surface area contributed by atoms with Crippen molar-refractivity contribution < 1.29 is 24.1 Å². The van der Waals surface area contributed by atoms with E-state index in [0.717, 1.165) is 12.1 Å². The summed E-state index contributed by atoms with van der Waals surface area (Å²) in [5.74, 6) is -0.709. The van der Waals surface area contributed by atoms with E-state index in [0.29, 0.717) is 0 Å². The molecule has 0 heterocycles. The van der Waals surface area contributed by atoms with Gasteiger partial charge in [-0.1, -0.05) is 6.07 Å². The number of benzene rings is 1. The first kappa shape index (κ1) is 17.9. The van der Waals surface area contributed by atoms with E-state index >= 15 is 0 Å². The normalized spacial score (nSPS) is 13.9. The van der Waals surface area contributed by atoms with Crippen LogP contribution >= 0.6 is 0 Å². The van der Waals surface area contributed by atoms with Crippen molar-refractivity contribution in [1.29, 1.82) is 5.26 Å². The average Bonchev–Trinajstić information content (AvgIpc) is 2.42. The Kier molecular flexibility index (Phi) is 5.85. The highest BCUT2D eigenvalue weighted by molar-refractivity contribution is 5.67. The minimum absolute atomic E-state index is 0.177. The molecule has 0 saturated heterocycles. The van der Waals surface area contributed by atoms with E-state index in [-0.39, 0.29) is 17.7 Å². The predicted octanol–water partition coefficient (Wildman–Crippen LogP) is 1.62. The van der Waals surface area contributed by atoms with Crippen LogP contribution in [-0.2, 0) is 4.74 Å². The van der Waals surface area contributed by atoms with Crippen LogP contribution in [0.15, 0.2) is 18.2 Å². The van der Waals surface area contributed by atoms with Crippen LogP contribution in [-0.4, -0.2) is 34.6 Å². The highest BCUT2D eigenvalue weighted by Crippen LogP contribution is 2.19. The van der Waals surface area contributed by atoms with Crippen LogP contribution in [0.25, 0.3) is 0 Å². The molecular formula is C15H19FN2O4. The van der Waals surface area contributed by atoms with Gasteiger partial charge in [-0.05, 0) is 38.5 Å². The average molecular weight is 310 g/mol. The van der Waals surface area contributed by atoms with Crippen molar-refractivity contribution >= 4 is 6.09 Å². The fraction of sp³-hybridized carbons (Fsp3) is 0.467. The third-order valence-electron chi connectivity index (χ3n) is 2.67. The van der Waals surface area contributed by atoms with Crippen LogP contribution in [0.3, 0.4) is 0 Å². The van der Waals surface area contributed by atoms with Crippen LogP contribution in [0.1, 0.15) is 38.0 Å². The second-order valence-electron chi connectivity index (χ2n) is 5.75. The summed E-state index contributed by atoms with van der Waals surface area (Å²) in [5, 5.41) is 30.9. The Bertz CT molecular complexity index is 578. The third kappa shape index (κ3) is 5.31. The second kappa shape index (κ2) is 7.20. The number of aliphatic hydroxyl groups excluding tert-OH is 2. The van der Waals surface area contributed by atoms with E-state index < -0.39 is 29.7 Å². The summed E-state index contributed by atoms with van der Waals surface area (Å²) in [6, 6.07) is 5.09. The number of nitriles is 1. The third-order valence-corrected chi connectivity index (χ3v) is 2.67. The number of halogens is 1. The van der Waals surface area contributed by atoms with Gasteiger partial charge in [-0.3, -0.25) is 0 Å². The van der Waals surface area contributed by atoms with Crippen LogP contribution in [0, 0.1) is 17.1 Å². The molecule has 0 aliphatic rings. The van der Waals surface area contributed by atoms with Crippen molar-refractivity contribution in [3.05, 3.63) is 35.1 Å². The van der Waals surface area contributed by atoms with Crippen molar-refractivity contribution in [2.75, 3.05) is 6.54 Å². The number of nitrogens with zero attached hydrogens (tertiary/aromatic N) is 1. The SMILES string of the molecule is CC(C)(C)OC(=O)NCC(O)C(O)c1ccc(F)c(C#N)c1. The number of ether oxygens (including phenoxy) is 1. The van der Waals surface area contributed by atoms with Crippen LogP contribution < -0.4 is 5.32 Å². The molecule has 1 rings (SSSR count). The van der Waals surface area contributed by atoms with Gasteiger partial charge in [0.2, 0.25) is 0 Å². The molecule has 2 unspecified atom stereocenters. The fourth-order valence-electron chi connectivity index (χ4n) is 1.65. The molecule has 0 aromatic heterocycles. The summed E-state index contributed by atoms with van der Waals surface area (Å²) in [6.07, 6.45) is -3.43. The van der Waals surface area contributed by atoms with Gasteiger partial charge in [-0.2, -0.15) is 5.26 Å². The van der Waals surface area contributed by atoms with Gasteiger partial charge in [0.25, 0.3) is 0 Å². The van der Waals surface area contributed by atoms with E-state index in [1.165, 1.54) is 6.07 Å². The zero-order valence-corrected chi connectivity index (χ0v) is 12.6. The summed E-state index contributed by atoms with van der Waals surface area (Å²) in [4.78, 5) is 11.4. The van der Waals surface area contributed by atoms with Crippen LogP contribution in [0.2, 0.25) is 0 Å². The maximum Gasteiger partial charge on any atom is 0.407 e. The lowest BCUT2D eigenvalue weighted by Crippen LogP contribution is -2.38. The van der Waals surface area contributed by atoms with Gasteiger partial charge in [0, 0.05) is 6.54 Å². The summed E-state index contributed by atoms with van der Waals surface area (Å²) in [6.45, 7) is 4.83. The lowest BCUT2D eigenvalue weighted by atomic mass is 10.0. The lowest BCUT2D eigenvalue weighted by molar-refractivity contribution is 0.0129. The molecule has 22 heavy (non-hydrogen) atoms. The zero-order chi connectivity index (χ0) is 16.9. The van der Waals surface area contributed by atoms with Crippen molar-refractivity contribution in [3.63, 3.8) is 0 Å². The Morgan fingerprint density at radius 1 is 1.45 bits per heavy atom. The number of carbonyl (C=O) groups is 1. The number of aliphatic hydroxyl groups is 2. The minimum atomic E-state index is -1.37. The first-order chi connectivity index (χ1) is 10.1. The summed E-state index contributed by atoms with van der Waals surface area (Å²) in [5.41, 5.74) is -0.730. The molecular weight excluding hydrogens is 291 g/mol. The maximum atomic E-state index is 13.2. The molecule has 2 atom stereocenters. The molecule has 7 heteroatoms. The Hall–Kier alpha value is -2.17. The van der Waals surface area contributed by atoms with Gasteiger partial charge in [0.15, 0.2) is 0 Å². The van der Waals surface area contributed by atoms with Gasteiger partial charge in [-0.15, -0.1) is 0 Å². The van der Waals surface area contributed by atoms with Gasteiger partial charge in [0.1, 0.15) is 29.7 Å². The monoisotopic (exact) mass is 310 g/mol. The van der Waals surface area contributed by atoms with E-state index in [9.17, 15) is 19.4 Å². The van der Waals surface area contributed by atoms with Gasteiger partial charge in [-0.25, -0.2) is 9.18 Å². The number of hydrogen-bond donors (Lipinski definition) is 3. The Morgan fingerprint density at radius 3 is 2.64 bits per heavy atom. The number of rotatable bonds is 4. The van der Waals surface area contributed by atoms with E-state index in [2.05, 4.69) is 5.32 Å². The molecule has 1 aromatic rings. The quantitative estimate of drug-likeness (QED) is 0.784. The van der Waals surface area contributed by atoms with Crippen molar-refractivity contribution in [2.24, 2.45) is 0 Å². The zero-order valence-electron chi connectivity index (χ0n) is 12.6. The molecule has 120 valence electrons. The predicted molar refractivity (Wildman–Crippen MR) is 76.3 cm³/mol. The largest absolute Gasteiger partial charge is 0.444 e. The standard InChI is InChI=1S/C15H19FN2O4/c1-15(2,3)22-14(21)18-8-12(19)13(20)9-4-5-11(16)10(6-9)7-17/h4-6,12-13,19-20H,8H2,1-3H3,(H,18,21). The topological polar surface area (TPSA) is 103 Å². The molecule has 0 saturated carbocycles. The molecule has 0 aliphatic carbocycles. The lowest BCUT2D eigenvalue weighted by Gasteiger charge is -2.22. The van der Waals surface area contributed by atoms with Crippen LogP contribution in [0.5, 0.6) is 0 Å². The molecule has 1 amide bonds. The Morgan fingerprint density at radius 2 is 2.09 bits per heavy atom. The number of alkyl carbamates (subject to hydrolysis) is 1. The first-order valence-corrected chi connectivity index (χ1v) is 6.66. The number of carbonyl (C=O) groups excluding carboxylic acids is 1. The number of hydrogen-bond acceptors (Lipinski definition) is 5. The first-order valence-electron chi connectivity index (χ1n) is 6.66. The molecule has 0 spiro atoms. The van der Waals surface area contributed by atoms with Gasteiger partial charge in [0.05, 0.1) is 5.56 Å². The molecule has 0 radical (unpaired) electrons. The minimum Gasteiger partial charge on any atom is -0.444 e. The van der Waals surface area contributed by atoms with Crippen molar-refractivity contribution in [3.8, 4) is 6.07 Å². The summed E-state index contributed by atoms with van der Waals surface area (Å²) < 4.78 is 18.2. The summed E-state index contributed by atoms with van der Waals surface area (Å²) >= 11 is 0. The van der Waals surface area contributed by atoms with Gasteiger partial charge >= 0.3 is 6.09 Å². The second-order valence-corrected chi connectivity index (χ2v) is 5.75. The van der Waals surface area contributed by atoms with E-state index in [1.807, 2.05) is 0 Å². The number of nitrogens with one attached hydrogen (secondary N) is 1. The van der Waals surface area contributed by atoms with E-state index in [1.54, 1.807) is 26.8 Å². The van der Waals surface area contributed by atoms with Gasteiger partial charge < -0.3 is 20.3 Å². The summed E-state index contributed by atoms with van der Waals surface area (Å²) in [7, 11) is 0. The molecule has 0 aliphatic heterocycles. The van der Waals surface area contributed by atoms with E-state index in [4.69, 9.17) is 10.00 Å². The molecule has 6 nitrogen and oxygen atoms in total. The molecule has 3 N–H and O–H groups in total. The Labute approximate surface area is 128 Å².